The number of rotatable bonds is 3. The molecule has 17 heavy (non-hydrogen) atoms. The monoisotopic (exact) mass is 232 g/mol. The molecule has 2 heteroatoms. The van der Waals surface area contributed by atoms with Gasteiger partial charge in [-0.15, -0.1) is 0 Å². The van der Waals surface area contributed by atoms with E-state index >= 15 is 0 Å². The third kappa shape index (κ3) is 2.12. The van der Waals surface area contributed by atoms with Crippen molar-refractivity contribution in [1.82, 2.24) is 10.2 Å². The van der Waals surface area contributed by atoms with Gasteiger partial charge >= 0.3 is 0 Å². The van der Waals surface area contributed by atoms with E-state index in [0.29, 0.717) is 0 Å². The summed E-state index contributed by atoms with van der Waals surface area (Å²) in [6.45, 7) is 6.63. The third-order valence-electron chi connectivity index (χ3n) is 4.33. The highest BCUT2D eigenvalue weighted by Crippen LogP contribution is 2.37. The van der Waals surface area contributed by atoms with Crippen LogP contribution in [0.3, 0.4) is 0 Å². The molecule has 1 unspecified atom stereocenters. The summed E-state index contributed by atoms with van der Waals surface area (Å²) in [6, 6.07) is 6.93. The number of benzene rings is 1. The molecular formula is C15H24N2. The van der Waals surface area contributed by atoms with E-state index in [9.17, 15) is 0 Å². The van der Waals surface area contributed by atoms with Gasteiger partial charge < -0.3 is 5.32 Å². The molecule has 0 aliphatic carbocycles. The molecule has 0 aromatic heterocycles. The lowest BCUT2D eigenvalue weighted by Crippen LogP contribution is -2.45. The zero-order valence-electron chi connectivity index (χ0n) is 11.5. The zero-order chi connectivity index (χ0) is 12.5. The minimum absolute atomic E-state index is 0.202. The van der Waals surface area contributed by atoms with Gasteiger partial charge in [0, 0.05) is 6.54 Å². The van der Waals surface area contributed by atoms with Crippen molar-refractivity contribution in [3.8, 4) is 0 Å². The fourth-order valence-electron chi connectivity index (χ4n) is 3.03. The molecule has 0 saturated carbocycles. The lowest BCUT2D eigenvalue weighted by Gasteiger charge is -2.37. The van der Waals surface area contributed by atoms with Crippen molar-refractivity contribution in [2.75, 3.05) is 27.2 Å². The second-order valence-electron chi connectivity index (χ2n) is 5.39. The van der Waals surface area contributed by atoms with E-state index in [-0.39, 0.29) is 5.54 Å². The highest BCUT2D eigenvalue weighted by Gasteiger charge is 2.39. The SMILES string of the molecule is CNCC1(c2ccc(C)c(C)c2)CCCN1C. The Bertz CT molecular complexity index is 400. The van der Waals surface area contributed by atoms with E-state index in [1.54, 1.807) is 0 Å². The van der Waals surface area contributed by atoms with Gasteiger partial charge in [-0.05, 0) is 64.0 Å². The van der Waals surface area contributed by atoms with Crippen LogP contribution in [0.4, 0.5) is 0 Å². The lowest BCUT2D eigenvalue weighted by atomic mass is 9.85. The van der Waals surface area contributed by atoms with E-state index in [1.807, 2.05) is 0 Å². The van der Waals surface area contributed by atoms with Gasteiger partial charge in [-0.2, -0.15) is 0 Å². The summed E-state index contributed by atoms with van der Waals surface area (Å²) in [6.07, 6.45) is 2.55. The smallest absolute Gasteiger partial charge is 0.0583 e. The van der Waals surface area contributed by atoms with Crippen LogP contribution in [0, 0.1) is 13.8 Å². The molecular weight excluding hydrogens is 208 g/mol. The molecule has 1 heterocycles. The average Bonchev–Trinajstić information content (AvgIpc) is 2.66. The maximum atomic E-state index is 3.37. The van der Waals surface area contributed by atoms with Crippen LogP contribution < -0.4 is 5.32 Å². The molecule has 1 aromatic rings. The van der Waals surface area contributed by atoms with Gasteiger partial charge in [0.1, 0.15) is 0 Å². The maximum absolute atomic E-state index is 3.37. The molecule has 1 atom stereocenters. The van der Waals surface area contributed by atoms with Gasteiger partial charge in [-0.25, -0.2) is 0 Å². The van der Waals surface area contributed by atoms with Gasteiger partial charge in [0.15, 0.2) is 0 Å². The highest BCUT2D eigenvalue weighted by atomic mass is 15.2. The van der Waals surface area contributed by atoms with Crippen LogP contribution in [0.5, 0.6) is 0 Å². The van der Waals surface area contributed by atoms with Gasteiger partial charge in [-0.1, -0.05) is 18.2 Å². The minimum atomic E-state index is 0.202. The molecule has 1 aliphatic heterocycles. The Morgan fingerprint density at radius 2 is 2.06 bits per heavy atom. The van der Waals surface area contributed by atoms with Crippen molar-refractivity contribution in [3.05, 3.63) is 34.9 Å². The van der Waals surface area contributed by atoms with Crippen molar-refractivity contribution in [2.45, 2.75) is 32.2 Å². The van der Waals surface area contributed by atoms with E-state index in [2.05, 4.69) is 56.4 Å². The Kier molecular flexibility index (Phi) is 3.55. The molecule has 1 fully saturated rings. The summed E-state index contributed by atoms with van der Waals surface area (Å²) < 4.78 is 0. The summed E-state index contributed by atoms with van der Waals surface area (Å²) >= 11 is 0. The van der Waals surface area contributed by atoms with Crippen LogP contribution in [0.2, 0.25) is 0 Å². The first-order valence-electron chi connectivity index (χ1n) is 6.54. The van der Waals surface area contributed by atoms with E-state index in [0.717, 1.165) is 6.54 Å². The molecule has 1 saturated heterocycles. The third-order valence-corrected chi connectivity index (χ3v) is 4.33. The van der Waals surface area contributed by atoms with Gasteiger partial charge in [0.2, 0.25) is 0 Å². The average molecular weight is 232 g/mol. The zero-order valence-corrected chi connectivity index (χ0v) is 11.5. The van der Waals surface area contributed by atoms with Crippen LogP contribution in [0.1, 0.15) is 29.5 Å². The number of hydrogen-bond donors (Lipinski definition) is 1. The number of hydrogen-bond acceptors (Lipinski definition) is 2. The summed E-state index contributed by atoms with van der Waals surface area (Å²) in [7, 11) is 4.30. The van der Waals surface area contributed by atoms with Gasteiger partial charge in [0.05, 0.1) is 5.54 Å². The van der Waals surface area contributed by atoms with Gasteiger partial charge in [-0.3, -0.25) is 4.90 Å². The van der Waals surface area contributed by atoms with Crippen LogP contribution in [-0.2, 0) is 5.54 Å². The lowest BCUT2D eigenvalue weighted by molar-refractivity contribution is 0.172. The summed E-state index contributed by atoms with van der Waals surface area (Å²) in [5, 5.41) is 3.37. The summed E-state index contributed by atoms with van der Waals surface area (Å²) in [5.41, 5.74) is 4.45. The van der Waals surface area contributed by atoms with Gasteiger partial charge in [0.25, 0.3) is 0 Å². The Hall–Kier alpha value is -0.860. The fourth-order valence-corrected chi connectivity index (χ4v) is 3.03. The van der Waals surface area contributed by atoms with E-state index in [4.69, 9.17) is 0 Å². The summed E-state index contributed by atoms with van der Waals surface area (Å²) in [4.78, 5) is 2.51. The van der Waals surface area contributed by atoms with E-state index < -0.39 is 0 Å². The molecule has 0 bridgehead atoms. The molecule has 2 nitrogen and oxygen atoms in total. The minimum Gasteiger partial charge on any atom is -0.318 e. The molecule has 0 spiro atoms. The van der Waals surface area contributed by atoms with Crippen molar-refractivity contribution >= 4 is 0 Å². The number of nitrogens with one attached hydrogen (secondary N) is 1. The van der Waals surface area contributed by atoms with Crippen molar-refractivity contribution in [2.24, 2.45) is 0 Å². The fraction of sp³-hybridized carbons (Fsp3) is 0.600. The van der Waals surface area contributed by atoms with Crippen molar-refractivity contribution in [1.29, 1.82) is 0 Å². The first kappa shape index (κ1) is 12.6. The standard InChI is InChI=1S/C15H24N2/c1-12-6-7-14(10-13(12)2)15(11-16-3)8-5-9-17(15)4/h6-7,10,16H,5,8-9,11H2,1-4H3. The number of nitrogens with zero attached hydrogens (tertiary/aromatic N) is 1. The van der Waals surface area contributed by atoms with Crippen LogP contribution in [0.25, 0.3) is 0 Å². The topological polar surface area (TPSA) is 15.3 Å². The molecule has 94 valence electrons. The number of likely N-dealkylation sites (N-methyl/N-ethyl adjacent to an activating group) is 2. The molecule has 0 amide bonds. The van der Waals surface area contributed by atoms with Crippen molar-refractivity contribution < 1.29 is 0 Å². The Morgan fingerprint density at radius 3 is 2.59 bits per heavy atom. The molecule has 1 N–H and O–H groups in total. The molecule has 1 aromatic carbocycles. The normalized spacial score (nSPS) is 25.4. The van der Waals surface area contributed by atoms with Crippen molar-refractivity contribution in [3.63, 3.8) is 0 Å². The Balaban J connectivity index is 2.42. The Morgan fingerprint density at radius 1 is 1.29 bits per heavy atom. The van der Waals surface area contributed by atoms with Crippen LogP contribution in [-0.4, -0.2) is 32.1 Å². The second-order valence-corrected chi connectivity index (χ2v) is 5.39. The largest absolute Gasteiger partial charge is 0.318 e. The van der Waals surface area contributed by atoms with Crippen LogP contribution >= 0.6 is 0 Å². The highest BCUT2D eigenvalue weighted by molar-refractivity contribution is 5.35. The predicted octanol–water partition coefficient (Wildman–Crippen LogP) is 2.44. The second kappa shape index (κ2) is 4.79. The van der Waals surface area contributed by atoms with Crippen LogP contribution in [0.15, 0.2) is 18.2 Å². The Labute approximate surface area is 105 Å². The first-order valence-corrected chi connectivity index (χ1v) is 6.54. The van der Waals surface area contributed by atoms with E-state index in [1.165, 1.54) is 36.1 Å². The molecule has 1 aliphatic rings. The summed E-state index contributed by atoms with van der Waals surface area (Å²) in [5.74, 6) is 0. The molecule has 0 radical (unpaired) electrons. The first-order chi connectivity index (χ1) is 8.10. The number of likely N-dealkylation sites (tertiary alicyclic amines) is 1. The number of aryl methyl sites for hydroxylation is 2. The quantitative estimate of drug-likeness (QED) is 0.861. The molecule has 2 rings (SSSR count). The predicted molar refractivity (Wildman–Crippen MR) is 73.4 cm³/mol. The maximum Gasteiger partial charge on any atom is 0.0583 e.